The van der Waals surface area contributed by atoms with Crippen LogP contribution in [0.15, 0.2) is 131 Å². The number of amides is 2. The fourth-order valence-corrected chi connectivity index (χ4v) is 10.7. The highest BCUT2D eigenvalue weighted by atomic mass is 79.9. The molecule has 10 nitrogen and oxygen atoms in total. The van der Waals surface area contributed by atoms with Crippen molar-refractivity contribution < 1.29 is 9.59 Å². The van der Waals surface area contributed by atoms with Crippen LogP contribution in [0.3, 0.4) is 0 Å². The first kappa shape index (κ1) is 50.6. The number of hydrogen-bond acceptors (Lipinski definition) is 8. The summed E-state index contributed by atoms with van der Waals surface area (Å²) >= 11 is 10.3. The summed E-state index contributed by atoms with van der Waals surface area (Å²) in [5.74, 6) is -0.106. The summed E-state index contributed by atoms with van der Waals surface area (Å²) in [6.07, 6.45) is 8.89. The standard InChI is InChI=1S/2C24H25BrN4OS.2ClH/c2*1-15(2)28-14-17(12-16-6-4-3-5-7-16)29-24(30)21-13-20(25)22(31-21)18-8-10-26-23-19(18)9-11-27-23;;/h2*3-11,13,15,17,28H,12,14H2,1-2H3,(H,26,27)(H,29,30);2*1H. The van der Waals surface area contributed by atoms with Crippen LogP contribution in [0.2, 0.25) is 0 Å². The van der Waals surface area contributed by atoms with Crippen molar-refractivity contribution in [2.45, 2.75) is 64.7 Å². The van der Waals surface area contributed by atoms with Crippen molar-refractivity contribution in [3.63, 3.8) is 0 Å². The number of H-pyrrole nitrogens is 2. The molecule has 336 valence electrons. The molecule has 2 atom stereocenters. The summed E-state index contributed by atoms with van der Waals surface area (Å²) in [5.41, 5.74) is 6.21. The van der Waals surface area contributed by atoms with Gasteiger partial charge in [-0.2, -0.15) is 0 Å². The van der Waals surface area contributed by atoms with E-state index in [4.69, 9.17) is 0 Å². The Kier molecular flexibility index (Phi) is 19.2. The molecule has 0 fully saturated rings. The predicted octanol–water partition coefficient (Wildman–Crippen LogP) is 11.6. The molecule has 0 saturated carbocycles. The number of hydrogen-bond donors (Lipinski definition) is 6. The highest BCUT2D eigenvalue weighted by Gasteiger charge is 2.22. The van der Waals surface area contributed by atoms with E-state index in [0.29, 0.717) is 34.9 Å². The van der Waals surface area contributed by atoms with Gasteiger partial charge in [-0.05, 0) is 92.2 Å². The van der Waals surface area contributed by atoms with Crippen LogP contribution in [-0.4, -0.2) is 69.0 Å². The van der Waals surface area contributed by atoms with Crippen molar-refractivity contribution in [3.05, 3.63) is 152 Å². The average Bonchev–Trinajstić information content (AvgIpc) is 4.10. The van der Waals surface area contributed by atoms with Crippen molar-refractivity contribution in [2.75, 3.05) is 13.1 Å². The van der Waals surface area contributed by atoms with E-state index >= 15 is 0 Å². The molecule has 0 radical (unpaired) electrons. The Balaban J connectivity index is 0.000000234. The lowest BCUT2D eigenvalue weighted by Gasteiger charge is -2.20. The van der Waals surface area contributed by atoms with E-state index < -0.39 is 0 Å². The van der Waals surface area contributed by atoms with Crippen LogP contribution in [0.25, 0.3) is 42.9 Å². The van der Waals surface area contributed by atoms with Gasteiger partial charge in [-0.15, -0.1) is 47.5 Å². The Labute approximate surface area is 411 Å². The highest BCUT2D eigenvalue weighted by molar-refractivity contribution is 9.11. The molecule has 8 aromatic rings. The normalized spacial score (nSPS) is 12.0. The smallest absolute Gasteiger partial charge is 0.261 e. The van der Waals surface area contributed by atoms with Crippen molar-refractivity contribution in [3.8, 4) is 20.9 Å². The van der Waals surface area contributed by atoms with E-state index in [1.807, 2.05) is 85.2 Å². The molecule has 8 rings (SSSR count). The molecular weight excluding hydrogens is 1020 g/mol. The number of nitrogens with zero attached hydrogens (tertiary/aromatic N) is 2. The number of rotatable bonds is 16. The van der Waals surface area contributed by atoms with Gasteiger partial charge < -0.3 is 31.2 Å². The number of fused-ring (bicyclic) bond motifs is 2. The molecule has 6 heterocycles. The lowest BCUT2D eigenvalue weighted by Crippen LogP contribution is -2.44. The molecule has 0 saturated heterocycles. The minimum Gasteiger partial charge on any atom is -0.347 e. The zero-order valence-corrected chi connectivity index (χ0v) is 42.2. The third-order valence-corrected chi connectivity index (χ3v) is 14.2. The molecule has 6 aromatic heterocycles. The van der Waals surface area contributed by atoms with Gasteiger partial charge in [-0.1, -0.05) is 88.4 Å². The van der Waals surface area contributed by atoms with Gasteiger partial charge in [0, 0.05) is 92.9 Å². The predicted molar refractivity (Wildman–Crippen MR) is 278 cm³/mol. The summed E-state index contributed by atoms with van der Waals surface area (Å²) in [6, 6.07) is 33.0. The molecule has 0 aliphatic rings. The number of carbonyl (C=O) groups excluding carboxylic acids is 2. The first-order chi connectivity index (χ1) is 30.0. The van der Waals surface area contributed by atoms with Crippen LogP contribution >= 0.6 is 79.3 Å². The quantitative estimate of drug-likeness (QED) is 0.0570. The lowest BCUT2D eigenvalue weighted by atomic mass is 10.1. The van der Waals surface area contributed by atoms with Gasteiger partial charge in [-0.25, -0.2) is 9.97 Å². The summed E-state index contributed by atoms with van der Waals surface area (Å²) in [4.78, 5) is 44.7. The van der Waals surface area contributed by atoms with Gasteiger partial charge in [-0.3, -0.25) is 9.59 Å². The number of aromatic amines is 2. The van der Waals surface area contributed by atoms with Crippen molar-refractivity contribution in [1.82, 2.24) is 41.2 Å². The third kappa shape index (κ3) is 13.4. The van der Waals surface area contributed by atoms with Crippen LogP contribution in [0.4, 0.5) is 0 Å². The van der Waals surface area contributed by atoms with Gasteiger partial charge in [0.25, 0.3) is 11.8 Å². The van der Waals surface area contributed by atoms with Crippen molar-refractivity contribution in [1.29, 1.82) is 0 Å². The fraction of sp³-hybridized carbons (Fsp3) is 0.250. The average molecular weight is 1070 g/mol. The van der Waals surface area contributed by atoms with E-state index in [1.54, 1.807) is 12.4 Å². The number of pyridine rings is 2. The van der Waals surface area contributed by atoms with E-state index in [-0.39, 0.29) is 48.7 Å². The topological polar surface area (TPSA) is 140 Å². The Morgan fingerprint density at radius 3 is 1.36 bits per heavy atom. The molecule has 2 amide bonds. The summed E-state index contributed by atoms with van der Waals surface area (Å²) in [7, 11) is 0. The molecular formula is C48H52Br2Cl2N8O2S2. The van der Waals surface area contributed by atoms with Crippen LogP contribution in [0, 0.1) is 0 Å². The molecule has 0 spiro atoms. The minimum atomic E-state index is -0.0530. The monoisotopic (exact) mass is 1060 g/mol. The third-order valence-electron chi connectivity index (χ3n) is 10.1. The Hall–Kier alpha value is -4.38. The van der Waals surface area contributed by atoms with Crippen LogP contribution in [0.5, 0.6) is 0 Å². The van der Waals surface area contributed by atoms with Gasteiger partial charge in [0.05, 0.1) is 19.5 Å². The number of aromatic nitrogens is 4. The zero-order valence-electron chi connectivity index (χ0n) is 35.8. The Morgan fingerprint density at radius 1 is 0.594 bits per heavy atom. The van der Waals surface area contributed by atoms with E-state index in [9.17, 15) is 9.59 Å². The SMILES string of the molecule is CC(C)NCC(Cc1ccccc1)NC(=O)c1cc(Br)c(-c2ccnc3[nH]ccc23)s1.CC(C)NCC(Cc1ccccc1)NC(=O)c1cc(Br)c(-c2ccnc3[nH]ccc23)s1.Cl.Cl. The summed E-state index contributed by atoms with van der Waals surface area (Å²) in [6.45, 7) is 9.88. The van der Waals surface area contributed by atoms with Gasteiger partial charge in [0.15, 0.2) is 0 Å². The van der Waals surface area contributed by atoms with Gasteiger partial charge in [0.2, 0.25) is 0 Å². The molecule has 6 N–H and O–H groups in total. The second-order valence-electron chi connectivity index (χ2n) is 15.6. The van der Waals surface area contributed by atoms with E-state index in [1.165, 1.54) is 33.8 Å². The van der Waals surface area contributed by atoms with Gasteiger partial charge in [0.1, 0.15) is 11.3 Å². The maximum Gasteiger partial charge on any atom is 0.261 e. The van der Waals surface area contributed by atoms with Crippen molar-refractivity contribution >= 4 is 113 Å². The fourth-order valence-electron chi connectivity index (χ4n) is 7.06. The molecule has 0 bridgehead atoms. The van der Waals surface area contributed by atoms with Crippen LogP contribution in [-0.2, 0) is 12.8 Å². The first-order valence-electron chi connectivity index (χ1n) is 20.6. The lowest BCUT2D eigenvalue weighted by molar-refractivity contribution is 0.0931. The van der Waals surface area contributed by atoms with Crippen LogP contribution in [0.1, 0.15) is 58.2 Å². The van der Waals surface area contributed by atoms with E-state index in [2.05, 4.69) is 125 Å². The molecule has 64 heavy (non-hydrogen) atoms. The molecule has 0 aliphatic heterocycles. The number of nitrogens with one attached hydrogen (secondary N) is 6. The Bertz CT molecular complexity index is 2540. The minimum absolute atomic E-state index is 0. The second kappa shape index (κ2) is 24.2. The maximum atomic E-state index is 13.1. The number of thiophene rings is 2. The molecule has 0 aliphatic carbocycles. The highest BCUT2D eigenvalue weighted by Crippen LogP contribution is 2.40. The van der Waals surface area contributed by atoms with Crippen LogP contribution < -0.4 is 21.3 Å². The van der Waals surface area contributed by atoms with Crippen molar-refractivity contribution in [2.24, 2.45) is 0 Å². The number of benzene rings is 2. The van der Waals surface area contributed by atoms with E-state index in [0.717, 1.165) is 64.7 Å². The first-order valence-corrected chi connectivity index (χ1v) is 23.8. The zero-order chi connectivity index (χ0) is 43.6. The summed E-state index contributed by atoms with van der Waals surface area (Å²) < 4.78 is 1.83. The molecule has 2 unspecified atom stereocenters. The number of halogens is 4. The molecule has 16 heteroatoms. The summed E-state index contributed by atoms with van der Waals surface area (Å²) in [5, 5.41) is 15.4. The molecule has 2 aromatic carbocycles. The maximum absolute atomic E-state index is 13.1. The van der Waals surface area contributed by atoms with Gasteiger partial charge >= 0.3 is 0 Å². The largest absolute Gasteiger partial charge is 0.347 e. The Morgan fingerprint density at radius 2 is 0.984 bits per heavy atom. The second-order valence-corrected chi connectivity index (χ2v) is 19.4. The number of carbonyl (C=O) groups is 2.